The van der Waals surface area contributed by atoms with Crippen LogP contribution >= 0.6 is 0 Å². The molecule has 0 saturated carbocycles. The summed E-state index contributed by atoms with van der Waals surface area (Å²) in [4.78, 5) is 13.9. The van der Waals surface area contributed by atoms with Gasteiger partial charge >= 0.3 is 0 Å². The van der Waals surface area contributed by atoms with Crippen LogP contribution in [0.5, 0.6) is 0 Å². The van der Waals surface area contributed by atoms with Crippen LogP contribution in [0.4, 0.5) is 0 Å². The summed E-state index contributed by atoms with van der Waals surface area (Å²) in [6, 6.07) is 0.479. The minimum absolute atomic E-state index is 0.119. The minimum Gasteiger partial charge on any atom is -0.383 e. The second kappa shape index (κ2) is 8.44. The minimum atomic E-state index is 0.119. The van der Waals surface area contributed by atoms with Gasteiger partial charge in [0.25, 0.3) is 0 Å². The van der Waals surface area contributed by atoms with Gasteiger partial charge in [0.1, 0.15) is 0 Å². The van der Waals surface area contributed by atoms with Gasteiger partial charge in [-0.25, -0.2) is 0 Å². The zero-order valence-corrected chi connectivity index (χ0v) is 10.8. The number of carbonyl (C=O) groups excluding carboxylic acids is 1. The van der Waals surface area contributed by atoms with E-state index in [1.165, 1.54) is 12.8 Å². The zero-order valence-electron chi connectivity index (χ0n) is 10.8. The molecule has 0 aliphatic carbocycles. The average Bonchev–Trinajstić information content (AvgIpc) is 2.78. The summed E-state index contributed by atoms with van der Waals surface area (Å²) in [5, 5.41) is 2.99. The van der Waals surface area contributed by atoms with Crippen LogP contribution in [0, 0.1) is 0 Å². The lowest BCUT2D eigenvalue weighted by Crippen LogP contribution is -2.41. The number of hydrogen-bond donors (Lipinski definition) is 2. The van der Waals surface area contributed by atoms with Crippen LogP contribution in [0.25, 0.3) is 0 Å². The molecule has 3 N–H and O–H groups in total. The Balaban J connectivity index is 2.18. The number of nitrogens with one attached hydrogen (secondary N) is 1. The molecule has 0 bridgehead atoms. The molecule has 1 rings (SSSR count). The van der Waals surface area contributed by atoms with Crippen molar-refractivity contribution in [2.45, 2.75) is 31.7 Å². The molecule has 1 unspecified atom stereocenters. The highest BCUT2D eigenvalue weighted by atomic mass is 16.5. The summed E-state index contributed by atoms with van der Waals surface area (Å²) in [5.41, 5.74) is 5.37. The Morgan fingerprint density at radius 1 is 1.59 bits per heavy atom. The van der Waals surface area contributed by atoms with Gasteiger partial charge in [-0.05, 0) is 32.4 Å². The number of nitrogens with two attached hydrogens (primary N) is 1. The Labute approximate surface area is 104 Å². The van der Waals surface area contributed by atoms with Crippen LogP contribution in [0.1, 0.15) is 25.7 Å². The van der Waals surface area contributed by atoms with E-state index in [9.17, 15) is 4.79 Å². The molecule has 1 amide bonds. The second-order valence-electron chi connectivity index (χ2n) is 4.52. The zero-order chi connectivity index (χ0) is 12.5. The summed E-state index contributed by atoms with van der Waals surface area (Å²) in [6.07, 6.45) is 3.69. The van der Waals surface area contributed by atoms with E-state index in [2.05, 4.69) is 10.2 Å². The van der Waals surface area contributed by atoms with Crippen molar-refractivity contribution < 1.29 is 9.53 Å². The first-order valence-corrected chi connectivity index (χ1v) is 6.47. The number of likely N-dealkylation sites (tertiary alicyclic amines) is 1. The predicted octanol–water partition coefficient (Wildman–Crippen LogP) is -0.0477. The quantitative estimate of drug-likeness (QED) is 0.627. The Bertz CT molecular complexity index is 224. The average molecular weight is 243 g/mol. The maximum atomic E-state index is 11.5. The Hall–Kier alpha value is -0.650. The molecule has 0 spiro atoms. The molecular weight excluding hydrogens is 218 g/mol. The first-order chi connectivity index (χ1) is 8.27. The third kappa shape index (κ3) is 5.48. The molecule has 1 aliphatic rings. The van der Waals surface area contributed by atoms with E-state index in [-0.39, 0.29) is 5.91 Å². The maximum Gasteiger partial charge on any atom is 0.220 e. The van der Waals surface area contributed by atoms with E-state index in [4.69, 9.17) is 10.5 Å². The number of rotatable bonds is 8. The van der Waals surface area contributed by atoms with Crippen LogP contribution in [-0.2, 0) is 9.53 Å². The number of ether oxygens (including phenoxy) is 1. The lowest BCUT2D eigenvalue weighted by Gasteiger charge is -2.24. The molecule has 0 aromatic rings. The normalized spacial score (nSPS) is 20.7. The lowest BCUT2D eigenvalue weighted by atomic mass is 10.2. The Morgan fingerprint density at radius 3 is 3.12 bits per heavy atom. The van der Waals surface area contributed by atoms with E-state index in [1.54, 1.807) is 7.11 Å². The van der Waals surface area contributed by atoms with Crippen LogP contribution < -0.4 is 11.1 Å². The van der Waals surface area contributed by atoms with E-state index in [0.717, 1.165) is 32.7 Å². The second-order valence-corrected chi connectivity index (χ2v) is 4.52. The molecule has 1 heterocycles. The van der Waals surface area contributed by atoms with Crippen molar-refractivity contribution in [3.05, 3.63) is 0 Å². The molecule has 1 aliphatic heterocycles. The smallest absolute Gasteiger partial charge is 0.220 e. The highest BCUT2D eigenvalue weighted by molar-refractivity contribution is 5.75. The standard InChI is InChI=1S/C12H25N3O2/c1-17-9-8-15-7-3-4-11(15)10-14-12(16)5-2-6-13/h11H,2-10,13H2,1H3,(H,14,16). The molecular formula is C12H25N3O2. The fourth-order valence-electron chi connectivity index (χ4n) is 2.21. The monoisotopic (exact) mass is 243 g/mol. The van der Waals surface area contributed by atoms with Gasteiger partial charge in [-0.15, -0.1) is 0 Å². The molecule has 100 valence electrons. The van der Waals surface area contributed by atoms with Crippen LogP contribution in [-0.4, -0.2) is 56.7 Å². The Morgan fingerprint density at radius 2 is 2.41 bits per heavy atom. The number of carbonyl (C=O) groups is 1. The largest absolute Gasteiger partial charge is 0.383 e. The topological polar surface area (TPSA) is 67.6 Å². The van der Waals surface area contributed by atoms with Gasteiger partial charge in [0.2, 0.25) is 5.91 Å². The van der Waals surface area contributed by atoms with E-state index in [1.807, 2.05) is 0 Å². The van der Waals surface area contributed by atoms with Crippen molar-refractivity contribution in [3.8, 4) is 0 Å². The molecule has 0 aromatic carbocycles. The van der Waals surface area contributed by atoms with Gasteiger partial charge in [0.15, 0.2) is 0 Å². The van der Waals surface area contributed by atoms with Gasteiger partial charge in [-0.1, -0.05) is 0 Å². The Kier molecular flexibility index (Phi) is 7.16. The fourth-order valence-corrected chi connectivity index (χ4v) is 2.21. The summed E-state index contributed by atoms with van der Waals surface area (Å²) in [5.74, 6) is 0.119. The first-order valence-electron chi connectivity index (χ1n) is 6.47. The summed E-state index contributed by atoms with van der Waals surface area (Å²) >= 11 is 0. The van der Waals surface area contributed by atoms with Gasteiger partial charge in [-0.2, -0.15) is 0 Å². The SMILES string of the molecule is COCCN1CCCC1CNC(=O)CCCN. The number of nitrogens with zero attached hydrogens (tertiary/aromatic N) is 1. The number of amides is 1. The first kappa shape index (κ1) is 14.4. The van der Waals surface area contributed by atoms with Crippen molar-refractivity contribution in [1.82, 2.24) is 10.2 Å². The number of hydrogen-bond acceptors (Lipinski definition) is 4. The van der Waals surface area contributed by atoms with Crippen molar-refractivity contribution in [1.29, 1.82) is 0 Å². The van der Waals surface area contributed by atoms with Crippen molar-refractivity contribution >= 4 is 5.91 Å². The third-order valence-corrected chi connectivity index (χ3v) is 3.22. The third-order valence-electron chi connectivity index (χ3n) is 3.22. The van der Waals surface area contributed by atoms with Crippen LogP contribution in [0.15, 0.2) is 0 Å². The summed E-state index contributed by atoms with van der Waals surface area (Å²) in [6.45, 7) is 4.17. The molecule has 5 heteroatoms. The van der Waals surface area contributed by atoms with E-state index >= 15 is 0 Å². The molecule has 1 atom stereocenters. The fraction of sp³-hybridized carbons (Fsp3) is 0.917. The van der Waals surface area contributed by atoms with Gasteiger partial charge in [0.05, 0.1) is 6.61 Å². The number of methoxy groups -OCH3 is 1. The summed E-state index contributed by atoms with van der Waals surface area (Å²) < 4.78 is 5.09. The van der Waals surface area contributed by atoms with Crippen LogP contribution in [0.2, 0.25) is 0 Å². The van der Waals surface area contributed by atoms with Gasteiger partial charge < -0.3 is 15.8 Å². The highest BCUT2D eigenvalue weighted by Gasteiger charge is 2.23. The highest BCUT2D eigenvalue weighted by Crippen LogP contribution is 2.15. The molecule has 17 heavy (non-hydrogen) atoms. The van der Waals surface area contributed by atoms with Crippen molar-refractivity contribution in [2.75, 3.05) is 39.9 Å². The summed E-state index contributed by atoms with van der Waals surface area (Å²) in [7, 11) is 1.72. The molecule has 0 radical (unpaired) electrons. The lowest BCUT2D eigenvalue weighted by molar-refractivity contribution is -0.121. The van der Waals surface area contributed by atoms with Crippen molar-refractivity contribution in [3.63, 3.8) is 0 Å². The van der Waals surface area contributed by atoms with E-state index in [0.29, 0.717) is 19.0 Å². The predicted molar refractivity (Wildman–Crippen MR) is 67.8 cm³/mol. The molecule has 1 saturated heterocycles. The molecule has 5 nitrogen and oxygen atoms in total. The van der Waals surface area contributed by atoms with E-state index < -0.39 is 0 Å². The molecule has 0 aromatic heterocycles. The van der Waals surface area contributed by atoms with Gasteiger partial charge in [0, 0.05) is 32.7 Å². The molecule has 1 fully saturated rings. The van der Waals surface area contributed by atoms with Crippen LogP contribution in [0.3, 0.4) is 0 Å². The van der Waals surface area contributed by atoms with Crippen molar-refractivity contribution in [2.24, 2.45) is 5.73 Å². The maximum absolute atomic E-state index is 11.5. The van der Waals surface area contributed by atoms with Gasteiger partial charge in [-0.3, -0.25) is 9.69 Å².